The van der Waals surface area contributed by atoms with Gasteiger partial charge in [-0.05, 0) is 0 Å². The Morgan fingerprint density at radius 3 is 2.57 bits per heavy atom. The Morgan fingerprint density at radius 2 is 2.05 bits per heavy atom. The van der Waals surface area contributed by atoms with Gasteiger partial charge in [0.25, 0.3) is 0 Å². The summed E-state index contributed by atoms with van der Waals surface area (Å²) in [5.74, 6) is -2.43. The average molecular weight is 310 g/mol. The molecule has 1 saturated heterocycles. The number of methoxy groups -OCH3 is 1. The molecule has 1 unspecified atom stereocenters. The molecule has 0 aliphatic carbocycles. The molecule has 1 rings (SSSR count). The molecule has 6 nitrogen and oxygen atoms in total. The molecule has 0 spiro atoms. The Bertz CT molecular complexity index is 425. The van der Waals surface area contributed by atoms with Crippen LogP contribution in [0.2, 0.25) is 0 Å². The van der Waals surface area contributed by atoms with Gasteiger partial charge in [0.1, 0.15) is 6.54 Å². The van der Waals surface area contributed by atoms with Gasteiger partial charge in [-0.25, -0.2) is 0 Å². The Morgan fingerprint density at radius 1 is 1.43 bits per heavy atom. The molecule has 2 amide bonds. The highest BCUT2D eigenvalue weighted by Gasteiger charge is 2.41. The second kappa shape index (κ2) is 6.77. The van der Waals surface area contributed by atoms with Crippen LogP contribution in [-0.4, -0.2) is 67.6 Å². The van der Waals surface area contributed by atoms with Crippen LogP contribution in [0.15, 0.2) is 0 Å². The molecular weight excluding hydrogens is 293 g/mol. The molecule has 0 saturated carbocycles. The number of amides is 2. The lowest BCUT2D eigenvalue weighted by Gasteiger charge is -2.21. The number of rotatable bonds is 5. The quantitative estimate of drug-likeness (QED) is 0.690. The zero-order chi connectivity index (χ0) is 16.2. The normalized spacial score (nSPS) is 18.8. The van der Waals surface area contributed by atoms with E-state index in [1.165, 1.54) is 19.1 Å². The summed E-state index contributed by atoms with van der Waals surface area (Å²) in [7, 11) is 2.65. The lowest BCUT2D eigenvalue weighted by atomic mass is 10.1. The van der Waals surface area contributed by atoms with Gasteiger partial charge in [0, 0.05) is 26.6 Å². The van der Waals surface area contributed by atoms with Crippen molar-refractivity contribution in [2.45, 2.75) is 19.0 Å². The van der Waals surface area contributed by atoms with E-state index in [0.29, 0.717) is 4.90 Å². The molecular formula is C12H17F3N2O4. The second-order valence-corrected chi connectivity index (χ2v) is 4.88. The summed E-state index contributed by atoms with van der Waals surface area (Å²) in [5.41, 5.74) is 0. The summed E-state index contributed by atoms with van der Waals surface area (Å²) in [6, 6.07) is 0. The maximum absolute atomic E-state index is 12.3. The fourth-order valence-electron chi connectivity index (χ4n) is 2.09. The fourth-order valence-corrected chi connectivity index (χ4v) is 2.09. The summed E-state index contributed by atoms with van der Waals surface area (Å²) in [4.78, 5) is 36.3. The Labute approximate surface area is 119 Å². The molecule has 21 heavy (non-hydrogen) atoms. The minimum atomic E-state index is -4.48. The molecule has 1 aliphatic heterocycles. The zero-order valence-electron chi connectivity index (χ0n) is 11.8. The predicted molar refractivity (Wildman–Crippen MR) is 65.0 cm³/mol. The van der Waals surface area contributed by atoms with Crippen LogP contribution in [0.5, 0.6) is 0 Å². The van der Waals surface area contributed by atoms with Crippen molar-refractivity contribution >= 4 is 17.8 Å². The summed E-state index contributed by atoms with van der Waals surface area (Å²) in [6.45, 7) is -1.50. The van der Waals surface area contributed by atoms with Gasteiger partial charge < -0.3 is 14.5 Å². The van der Waals surface area contributed by atoms with Crippen molar-refractivity contribution in [3.05, 3.63) is 0 Å². The van der Waals surface area contributed by atoms with Crippen LogP contribution in [0.1, 0.15) is 12.8 Å². The van der Waals surface area contributed by atoms with Crippen LogP contribution in [0.3, 0.4) is 0 Å². The van der Waals surface area contributed by atoms with Gasteiger partial charge in [0.05, 0.1) is 19.4 Å². The largest absolute Gasteiger partial charge is 0.469 e. The van der Waals surface area contributed by atoms with E-state index in [1.807, 2.05) is 0 Å². The molecule has 0 radical (unpaired) electrons. The van der Waals surface area contributed by atoms with Crippen LogP contribution in [-0.2, 0) is 19.1 Å². The van der Waals surface area contributed by atoms with E-state index in [-0.39, 0.29) is 25.9 Å². The molecule has 1 aliphatic rings. The van der Waals surface area contributed by atoms with Gasteiger partial charge in [-0.3, -0.25) is 14.4 Å². The van der Waals surface area contributed by atoms with Crippen molar-refractivity contribution < 1.29 is 32.3 Å². The molecule has 120 valence electrons. The first-order valence-corrected chi connectivity index (χ1v) is 6.30. The number of ether oxygens (including phenoxy) is 1. The van der Waals surface area contributed by atoms with E-state index in [4.69, 9.17) is 0 Å². The standard InChI is InChI=1S/C12H17F3N2O4/c1-16(4-3-10(19)21-2)11(20)8-5-9(18)17(6-8)7-12(13,14)15/h8H,3-7H2,1-2H3. The molecule has 1 heterocycles. The van der Waals surface area contributed by atoms with E-state index >= 15 is 0 Å². The number of hydrogen-bond donors (Lipinski definition) is 0. The predicted octanol–water partition coefficient (Wildman–Crippen LogP) is 0.419. The molecule has 0 N–H and O–H groups in total. The highest BCUT2D eigenvalue weighted by atomic mass is 19.4. The van der Waals surface area contributed by atoms with E-state index in [9.17, 15) is 27.6 Å². The highest BCUT2D eigenvalue weighted by Crippen LogP contribution is 2.24. The minimum Gasteiger partial charge on any atom is -0.469 e. The maximum atomic E-state index is 12.3. The molecule has 0 aromatic rings. The Hall–Kier alpha value is -1.80. The van der Waals surface area contributed by atoms with Gasteiger partial charge in [-0.15, -0.1) is 0 Å². The number of carbonyl (C=O) groups is 3. The van der Waals surface area contributed by atoms with E-state index in [2.05, 4.69) is 4.74 Å². The fraction of sp³-hybridized carbons (Fsp3) is 0.750. The first kappa shape index (κ1) is 17.3. The highest BCUT2D eigenvalue weighted by molar-refractivity contribution is 5.89. The van der Waals surface area contributed by atoms with Gasteiger partial charge in [-0.2, -0.15) is 13.2 Å². The molecule has 0 aromatic carbocycles. The number of halogens is 3. The Kier molecular flexibility index (Phi) is 5.56. The average Bonchev–Trinajstić information content (AvgIpc) is 2.73. The number of hydrogen-bond acceptors (Lipinski definition) is 4. The summed E-state index contributed by atoms with van der Waals surface area (Å²) < 4.78 is 41.3. The smallest absolute Gasteiger partial charge is 0.406 e. The SMILES string of the molecule is COC(=O)CCN(C)C(=O)C1CC(=O)N(CC(F)(F)F)C1. The number of likely N-dealkylation sites (tertiary alicyclic amines) is 1. The molecule has 0 bridgehead atoms. The Balaban J connectivity index is 2.52. The van der Waals surface area contributed by atoms with E-state index < -0.39 is 36.4 Å². The van der Waals surface area contributed by atoms with Crippen LogP contribution in [0, 0.1) is 5.92 Å². The summed E-state index contributed by atoms with van der Waals surface area (Å²) in [6.07, 6.45) is -4.73. The third kappa shape index (κ3) is 5.24. The lowest BCUT2D eigenvalue weighted by molar-refractivity contribution is -0.157. The first-order valence-electron chi connectivity index (χ1n) is 6.30. The van der Waals surface area contributed by atoms with Crippen LogP contribution >= 0.6 is 0 Å². The van der Waals surface area contributed by atoms with Crippen molar-refractivity contribution in [3.63, 3.8) is 0 Å². The molecule has 1 fully saturated rings. The van der Waals surface area contributed by atoms with Gasteiger partial charge in [0.15, 0.2) is 0 Å². The number of esters is 1. The third-order valence-electron chi connectivity index (χ3n) is 3.19. The maximum Gasteiger partial charge on any atom is 0.406 e. The zero-order valence-corrected chi connectivity index (χ0v) is 11.8. The lowest BCUT2D eigenvalue weighted by Crippen LogP contribution is -2.38. The molecule has 1 atom stereocenters. The monoisotopic (exact) mass is 310 g/mol. The van der Waals surface area contributed by atoms with E-state index in [0.717, 1.165) is 0 Å². The second-order valence-electron chi connectivity index (χ2n) is 4.88. The van der Waals surface area contributed by atoms with Gasteiger partial charge >= 0.3 is 12.1 Å². The van der Waals surface area contributed by atoms with Crippen molar-refractivity contribution in [3.8, 4) is 0 Å². The van der Waals surface area contributed by atoms with Crippen molar-refractivity contribution in [2.24, 2.45) is 5.92 Å². The van der Waals surface area contributed by atoms with E-state index in [1.54, 1.807) is 0 Å². The first-order chi connectivity index (χ1) is 9.64. The van der Waals surface area contributed by atoms with Crippen LogP contribution in [0.4, 0.5) is 13.2 Å². The number of carbonyl (C=O) groups excluding carboxylic acids is 3. The summed E-state index contributed by atoms with van der Waals surface area (Å²) >= 11 is 0. The van der Waals surface area contributed by atoms with Crippen LogP contribution in [0.25, 0.3) is 0 Å². The third-order valence-corrected chi connectivity index (χ3v) is 3.19. The number of alkyl halides is 3. The molecule has 0 aromatic heterocycles. The van der Waals surface area contributed by atoms with Crippen molar-refractivity contribution in [1.29, 1.82) is 0 Å². The summed E-state index contributed by atoms with van der Waals surface area (Å²) in [5, 5.41) is 0. The van der Waals surface area contributed by atoms with Crippen molar-refractivity contribution in [1.82, 2.24) is 9.80 Å². The van der Waals surface area contributed by atoms with Gasteiger partial charge in [0.2, 0.25) is 11.8 Å². The topological polar surface area (TPSA) is 66.9 Å². The van der Waals surface area contributed by atoms with Crippen LogP contribution < -0.4 is 0 Å². The minimum absolute atomic E-state index is 0.00826. The van der Waals surface area contributed by atoms with Gasteiger partial charge in [-0.1, -0.05) is 0 Å². The molecule has 9 heteroatoms. The van der Waals surface area contributed by atoms with Crippen molar-refractivity contribution in [2.75, 3.05) is 33.8 Å². The number of nitrogens with zero attached hydrogens (tertiary/aromatic N) is 2.